The van der Waals surface area contributed by atoms with Gasteiger partial charge in [-0.05, 0) is 36.4 Å². The van der Waals surface area contributed by atoms with E-state index in [1.807, 2.05) is 36.4 Å². The lowest BCUT2D eigenvalue weighted by Gasteiger charge is -2.33. The van der Waals surface area contributed by atoms with E-state index in [1.165, 1.54) is 10.6 Å². The maximum absolute atomic E-state index is 12.5. The molecule has 148 valence electrons. The number of quaternary nitrogens is 1. The van der Waals surface area contributed by atoms with Gasteiger partial charge in [-0.1, -0.05) is 12.1 Å². The zero-order chi connectivity index (χ0) is 19.8. The molecule has 7 heteroatoms. The number of para-hydroxylation sites is 1. The highest BCUT2D eigenvalue weighted by molar-refractivity contribution is 6.01. The van der Waals surface area contributed by atoms with Crippen molar-refractivity contribution in [3.8, 4) is 5.75 Å². The number of furan rings is 1. The van der Waals surface area contributed by atoms with Crippen LogP contribution in [0.3, 0.4) is 0 Å². The lowest BCUT2D eigenvalue weighted by Crippen LogP contribution is -3.13. The Morgan fingerprint density at radius 1 is 1.14 bits per heavy atom. The van der Waals surface area contributed by atoms with Crippen molar-refractivity contribution in [2.45, 2.75) is 6.54 Å². The Labute approximate surface area is 167 Å². The monoisotopic (exact) mass is 391 g/mol. The van der Waals surface area contributed by atoms with Crippen LogP contribution in [0, 0.1) is 0 Å². The highest BCUT2D eigenvalue weighted by Gasteiger charge is 2.22. The number of hydrogen-bond donors (Lipinski definition) is 2. The lowest BCUT2D eigenvalue weighted by molar-refractivity contribution is -0.915. The van der Waals surface area contributed by atoms with Gasteiger partial charge in [-0.3, -0.25) is 4.79 Å². The van der Waals surface area contributed by atoms with Gasteiger partial charge < -0.3 is 23.9 Å². The summed E-state index contributed by atoms with van der Waals surface area (Å²) in [5.41, 5.74) is 2.64. The molecule has 1 aliphatic rings. The fourth-order valence-electron chi connectivity index (χ4n) is 4.02. The molecule has 29 heavy (non-hydrogen) atoms. The molecule has 0 bridgehead atoms. The number of nitrogens with zero attached hydrogens (tertiary/aromatic N) is 2. The van der Waals surface area contributed by atoms with Crippen LogP contribution in [0.4, 0.5) is 5.69 Å². The predicted octanol–water partition coefficient (Wildman–Crippen LogP) is 1.58. The first-order chi connectivity index (χ1) is 14.2. The maximum atomic E-state index is 12.5. The summed E-state index contributed by atoms with van der Waals surface area (Å²) in [6, 6.07) is 15.8. The van der Waals surface area contributed by atoms with E-state index in [2.05, 4.69) is 22.0 Å². The minimum Gasteiger partial charge on any atom is -0.497 e. The maximum Gasteiger partial charge on any atom is 0.294 e. The Kier molecular flexibility index (Phi) is 4.44. The molecule has 2 aromatic heterocycles. The van der Waals surface area contributed by atoms with Crippen LogP contribution in [0.2, 0.25) is 0 Å². The Bertz CT molecular complexity index is 1200. The quantitative estimate of drug-likeness (QED) is 0.553. The number of aromatic amines is 1. The van der Waals surface area contributed by atoms with Gasteiger partial charge in [-0.25, -0.2) is 4.98 Å². The van der Waals surface area contributed by atoms with E-state index in [0.717, 1.165) is 37.3 Å². The van der Waals surface area contributed by atoms with Gasteiger partial charge in [-0.2, -0.15) is 0 Å². The summed E-state index contributed by atoms with van der Waals surface area (Å²) in [4.78, 5) is 23.9. The number of piperazine rings is 1. The molecule has 1 saturated heterocycles. The molecule has 4 aromatic rings. The van der Waals surface area contributed by atoms with E-state index < -0.39 is 0 Å². The molecule has 7 nitrogen and oxygen atoms in total. The molecule has 0 radical (unpaired) electrons. The number of H-pyrrole nitrogens is 1. The van der Waals surface area contributed by atoms with E-state index in [-0.39, 0.29) is 5.56 Å². The first-order valence-electron chi connectivity index (χ1n) is 9.84. The number of rotatable bonds is 4. The highest BCUT2D eigenvalue weighted by atomic mass is 16.5. The van der Waals surface area contributed by atoms with Gasteiger partial charge in [0.2, 0.25) is 5.58 Å². The summed E-state index contributed by atoms with van der Waals surface area (Å²) >= 11 is 0. The normalized spacial score (nSPS) is 15.3. The summed E-state index contributed by atoms with van der Waals surface area (Å²) in [6.45, 7) is 4.59. The topological polar surface area (TPSA) is 75.8 Å². The Hall–Kier alpha value is -3.32. The standard InChI is InChI=1S/C22H22N4O3/c1-28-16-8-6-15(7-9-16)26-12-10-25(11-13-26)14-19-23-20-17-4-2-3-5-18(17)29-21(20)22(27)24-19/h2-9H,10-14H2,1H3,(H,23,24,27)/p+1. The van der Waals surface area contributed by atoms with Crippen LogP contribution in [-0.4, -0.2) is 43.3 Å². The molecule has 0 saturated carbocycles. The SMILES string of the molecule is COc1ccc(N2CC[NH+](Cc3nc4c(oc5ccccc54)c(=O)[nH]3)CC2)cc1. The van der Waals surface area contributed by atoms with Gasteiger partial charge >= 0.3 is 0 Å². The Morgan fingerprint density at radius 3 is 2.66 bits per heavy atom. The Morgan fingerprint density at radius 2 is 1.90 bits per heavy atom. The smallest absolute Gasteiger partial charge is 0.294 e. The van der Waals surface area contributed by atoms with Gasteiger partial charge in [0.1, 0.15) is 23.4 Å². The third-order valence-corrected chi connectivity index (χ3v) is 5.61. The molecule has 0 unspecified atom stereocenters. The van der Waals surface area contributed by atoms with E-state index in [1.54, 1.807) is 7.11 Å². The van der Waals surface area contributed by atoms with Crippen molar-refractivity contribution in [2.24, 2.45) is 0 Å². The summed E-state index contributed by atoms with van der Waals surface area (Å²) in [5, 5.41) is 0.883. The van der Waals surface area contributed by atoms with E-state index in [9.17, 15) is 4.79 Å². The van der Waals surface area contributed by atoms with Gasteiger partial charge in [-0.15, -0.1) is 0 Å². The summed E-state index contributed by atoms with van der Waals surface area (Å²) in [5.74, 6) is 1.58. The van der Waals surface area contributed by atoms with Gasteiger partial charge in [0.15, 0.2) is 5.82 Å². The molecular weight excluding hydrogens is 368 g/mol. The molecular formula is C22H23N4O3+. The van der Waals surface area contributed by atoms with Crippen molar-refractivity contribution in [2.75, 3.05) is 38.2 Å². The molecule has 2 aromatic carbocycles. The molecule has 0 aliphatic carbocycles. The first-order valence-corrected chi connectivity index (χ1v) is 9.84. The van der Waals surface area contributed by atoms with Crippen LogP contribution in [-0.2, 0) is 6.54 Å². The van der Waals surface area contributed by atoms with Crippen LogP contribution in [0.15, 0.2) is 57.7 Å². The molecule has 3 heterocycles. The average molecular weight is 391 g/mol. The third-order valence-electron chi connectivity index (χ3n) is 5.61. The van der Waals surface area contributed by atoms with Crippen LogP contribution in [0.5, 0.6) is 5.75 Å². The number of ether oxygens (including phenoxy) is 1. The summed E-state index contributed by atoms with van der Waals surface area (Å²) in [7, 11) is 1.68. The van der Waals surface area contributed by atoms with Crippen molar-refractivity contribution < 1.29 is 14.1 Å². The number of fused-ring (bicyclic) bond motifs is 3. The minimum absolute atomic E-state index is 0.211. The second kappa shape index (κ2) is 7.25. The minimum atomic E-state index is -0.211. The molecule has 2 N–H and O–H groups in total. The van der Waals surface area contributed by atoms with E-state index in [4.69, 9.17) is 14.1 Å². The van der Waals surface area contributed by atoms with Gasteiger partial charge in [0.25, 0.3) is 5.56 Å². The second-order valence-corrected chi connectivity index (χ2v) is 7.40. The fraction of sp³-hybridized carbons (Fsp3) is 0.273. The first kappa shape index (κ1) is 17.8. The van der Waals surface area contributed by atoms with Gasteiger partial charge in [0.05, 0.1) is 33.3 Å². The largest absolute Gasteiger partial charge is 0.497 e. The van der Waals surface area contributed by atoms with Crippen LogP contribution >= 0.6 is 0 Å². The number of aromatic nitrogens is 2. The third kappa shape index (κ3) is 3.34. The number of nitrogens with one attached hydrogen (secondary N) is 2. The zero-order valence-electron chi connectivity index (χ0n) is 16.3. The van der Waals surface area contributed by atoms with Crippen molar-refractivity contribution in [1.82, 2.24) is 9.97 Å². The van der Waals surface area contributed by atoms with E-state index in [0.29, 0.717) is 29.1 Å². The predicted molar refractivity (Wildman–Crippen MR) is 112 cm³/mol. The molecule has 0 spiro atoms. The average Bonchev–Trinajstić information content (AvgIpc) is 3.14. The van der Waals surface area contributed by atoms with E-state index >= 15 is 0 Å². The highest BCUT2D eigenvalue weighted by Crippen LogP contribution is 2.24. The second-order valence-electron chi connectivity index (χ2n) is 7.40. The zero-order valence-corrected chi connectivity index (χ0v) is 16.3. The molecule has 0 atom stereocenters. The fourth-order valence-corrected chi connectivity index (χ4v) is 4.02. The number of anilines is 1. The van der Waals surface area contributed by atoms with Crippen molar-refractivity contribution in [1.29, 1.82) is 0 Å². The Balaban J connectivity index is 1.31. The molecule has 5 rings (SSSR count). The lowest BCUT2D eigenvalue weighted by atomic mass is 10.2. The summed E-state index contributed by atoms with van der Waals surface area (Å²) < 4.78 is 10.9. The van der Waals surface area contributed by atoms with Crippen molar-refractivity contribution in [3.05, 3.63) is 64.7 Å². The van der Waals surface area contributed by atoms with Crippen LogP contribution < -0.4 is 20.1 Å². The van der Waals surface area contributed by atoms with Crippen LogP contribution in [0.1, 0.15) is 5.82 Å². The molecule has 1 fully saturated rings. The number of methoxy groups -OCH3 is 1. The molecule has 1 aliphatic heterocycles. The number of benzene rings is 2. The molecule has 0 amide bonds. The van der Waals surface area contributed by atoms with Crippen LogP contribution in [0.25, 0.3) is 22.1 Å². The van der Waals surface area contributed by atoms with Crippen molar-refractivity contribution >= 4 is 27.8 Å². The van der Waals surface area contributed by atoms with Crippen molar-refractivity contribution in [3.63, 3.8) is 0 Å². The van der Waals surface area contributed by atoms with Gasteiger partial charge in [0, 0.05) is 11.1 Å². The number of hydrogen-bond acceptors (Lipinski definition) is 5. The summed E-state index contributed by atoms with van der Waals surface area (Å²) in [6.07, 6.45) is 0.